The normalized spacial score (nSPS) is 15.7. The van der Waals surface area contributed by atoms with Crippen molar-refractivity contribution >= 4 is 58.0 Å². The number of ether oxygens (including phenoxy) is 1. The number of piperidine rings is 1. The molecule has 2 N–H and O–H groups in total. The zero-order valence-electron chi connectivity index (χ0n) is 23.4. The SMILES string of the molecule is CCOC(=O)c1cccc(N2C(=O)C(Cl)=C(Nc3cccc(C(=O)Nc4ccc(N5CCC(C)CC5)cc4)c3)C2=O)c1. The lowest BCUT2D eigenvalue weighted by molar-refractivity contribution is -0.120. The van der Waals surface area contributed by atoms with E-state index >= 15 is 0 Å². The van der Waals surface area contributed by atoms with Crippen LogP contribution in [-0.2, 0) is 14.3 Å². The average Bonchev–Trinajstić information content (AvgIpc) is 3.21. The van der Waals surface area contributed by atoms with Crippen LogP contribution in [0.4, 0.5) is 22.7 Å². The summed E-state index contributed by atoms with van der Waals surface area (Å²) >= 11 is 6.29. The largest absolute Gasteiger partial charge is 0.462 e. The summed E-state index contributed by atoms with van der Waals surface area (Å²) < 4.78 is 5.01. The van der Waals surface area contributed by atoms with Crippen LogP contribution >= 0.6 is 11.6 Å². The molecule has 9 nitrogen and oxygen atoms in total. The van der Waals surface area contributed by atoms with Gasteiger partial charge in [0.15, 0.2) is 0 Å². The van der Waals surface area contributed by atoms with Crippen molar-refractivity contribution in [2.45, 2.75) is 26.7 Å². The van der Waals surface area contributed by atoms with Crippen LogP contribution in [0.1, 0.15) is 47.4 Å². The molecule has 2 aliphatic rings. The topological polar surface area (TPSA) is 108 Å². The monoisotopic (exact) mass is 586 g/mol. The Bertz CT molecular complexity index is 1560. The van der Waals surface area contributed by atoms with E-state index in [9.17, 15) is 19.2 Å². The molecule has 0 spiro atoms. The predicted molar refractivity (Wildman–Crippen MR) is 163 cm³/mol. The number of carbonyl (C=O) groups excluding carboxylic acids is 4. The minimum absolute atomic E-state index is 0.136. The second kappa shape index (κ2) is 12.5. The number of imide groups is 1. The molecule has 5 rings (SSSR count). The lowest BCUT2D eigenvalue weighted by atomic mass is 9.99. The van der Waals surface area contributed by atoms with Crippen molar-refractivity contribution in [2.24, 2.45) is 5.92 Å². The summed E-state index contributed by atoms with van der Waals surface area (Å²) in [5.41, 5.74) is 2.78. The van der Waals surface area contributed by atoms with Crippen LogP contribution in [-0.4, -0.2) is 43.4 Å². The highest BCUT2D eigenvalue weighted by molar-refractivity contribution is 6.53. The van der Waals surface area contributed by atoms with Crippen molar-refractivity contribution in [1.82, 2.24) is 0 Å². The Hall–Kier alpha value is -4.63. The Morgan fingerprint density at radius 1 is 0.881 bits per heavy atom. The molecule has 0 aliphatic carbocycles. The number of carbonyl (C=O) groups is 4. The van der Waals surface area contributed by atoms with Crippen molar-refractivity contribution in [3.63, 3.8) is 0 Å². The van der Waals surface area contributed by atoms with Crippen molar-refractivity contribution in [2.75, 3.05) is 40.1 Å². The van der Waals surface area contributed by atoms with Crippen LogP contribution in [0, 0.1) is 5.92 Å². The minimum atomic E-state index is -0.735. The molecule has 0 aromatic heterocycles. The molecule has 216 valence electrons. The van der Waals surface area contributed by atoms with Crippen molar-refractivity contribution in [3.05, 3.63) is 94.7 Å². The number of benzene rings is 3. The first kappa shape index (κ1) is 28.9. The number of rotatable bonds is 8. The molecule has 0 atom stereocenters. The molecule has 0 bridgehead atoms. The third kappa shape index (κ3) is 6.16. The molecule has 3 aromatic rings. The van der Waals surface area contributed by atoms with Gasteiger partial charge >= 0.3 is 5.97 Å². The van der Waals surface area contributed by atoms with Gasteiger partial charge in [0.1, 0.15) is 10.7 Å². The van der Waals surface area contributed by atoms with Gasteiger partial charge in [0.05, 0.1) is 17.9 Å². The van der Waals surface area contributed by atoms with Crippen LogP contribution in [0.2, 0.25) is 0 Å². The van der Waals surface area contributed by atoms with Gasteiger partial charge in [-0.15, -0.1) is 0 Å². The first-order valence-corrected chi connectivity index (χ1v) is 14.2. The highest BCUT2D eigenvalue weighted by Crippen LogP contribution is 2.31. The quantitative estimate of drug-likeness (QED) is 0.254. The Morgan fingerprint density at radius 3 is 2.29 bits per heavy atom. The summed E-state index contributed by atoms with van der Waals surface area (Å²) in [6.07, 6.45) is 2.34. The molecule has 0 saturated carbocycles. The van der Waals surface area contributed by atoms with E-state index in [0.29, 0.717) is 16.9 Å². The second-order valence-corrected chi connectivity index (χ2v) is 10.7. The standard InChI is InChI=1S/C32H31ClN4O5/c1-3-42-32(41)22-7-5-9-26(19-22)37-30(39)27(33)28(31(37)40)34-24-8-4-6-21(18-24)29(38)35-23-10-12-25(13-11-23)36-16-14-20(2)15-17-36/h4-13,18-20,34H,3,14-17H2,1-2H3,(H,35,38). The summed E-state index contributed by atoms with van der Waals surface area (Å²) in [5, 5.41) is 5.49. The lowest BCUT2D eigenvalue weighted by Gasteiger charge is -2.32. The summed E-state index contributed by atoms with van der Waals surface area (Å²) in [4.78, 5) is 54.6. The van der Waals surface area contributed by atoms with Crippen molar-refractivity contribution in [3.8, 4) is 0 Å². The number of nitrogens with one attached hydrogen (secondary N) is 2. The van der Waals surface area contributed by atoms with Gasteiger partial charge in [-0.1, -0.05) is 30.7 Å². The molecule has 1 saturated heterocycles. The van der Waals surface area contributed by atoms with Crippen LogP contribution in [0.5, 0.6) is 0 Å². The summed E-state index contributed by atoms with van der Waals surface area (Å²) in [5.74, 6) is -1.58. The molecular weight excluding hydrogens is 556 g/mol. The third-order valence-electron chi connectivity index (χ3n) is 7.31. The zero-order valence-corrected chi connectivity index (χ0v) is 24.1. The van der Waals surface area contributed by atoms with Gasteiger partial charge < -0.3 is 20.3 Å². The molecular formula is C32H31ClN4O5. The van der Waals surface area contributed by atoms with E-state index in [1.165, 1.54) is 31.0 Å². The number of hydrogen-bond acceptors (Lipinski definition) is 7. The smallest absolute Gasteiger partial charge is 0.338 e. The van der Waals surface area contributed by atoms with Gasteiger partial charge in [0.2, 0.25) is 0 Å². The summed E-state index contributed by atoms with van der Waals surface area (Å²) in [6.45, 7) is 6.20. The van der Waals surface area contributed by atoms with Gasteiger partial charge in [0.25, 0.3) is 17.7 Å². The molecule has 1 fully saturated rings. The first-order valence-electron chi connectivity index (χ1n) is 13.8. The third-order valence-corrected chi connectivity index (χ3v) is 7.66. The maximum atomic E-state index is 13.3. The number of esters is 1. The molecule has 42 heavy (non-hydrogen) atoms. The van der Waals surface area contributed by atoms with E-state index in [2.05, 4.69) is 22.5 Å². The lowest BCUT2D eigenvalue weighted by Crippen LogP contribution is -2.32. The van der Waals surface area contributed by atoms with E-state index in [1.54, 1.807) is 37.3 Å². The average molecular weight is 587 g/mol. The van der Waals surface area contributed by atoms with E-state index in [4.69, 9.17) is 16.3 Å². The fraction of sp³-hybridized carbons (Fsp3) is 0.250. The highest BCUT2D eigenvalue weighted by atomic mass is 35.5. The Morgan fingerprint density at radius 2 is 1.57 bits per heavy atom. The van der Waals surface area contributed by atoms with Crippen LogP contribution in [0.15, 0.2) is 83.5 Å². The number of halogens is 1. The number of anilines is 4. The molecule has 2 heterocycles. The molecule has 3 amide bonds. The fourth-order valence-electron chi connectivity index (χ4n) is 4.94. The van der Waals surface area contributed by atoms with Gasteiger partial charge in [-0.2, -0.15) is 0 Å². The van der Waals surface area contributed by atoms with Gasteiger partial charge in [-0.05, 0) is 86.3 Å². The second-order valence-electron chi connectivity index (χ2n) is 10.3. The summed E-state index contributed by atoms with van der Waals surface area (Å²) in [6, 6.07) is 20.3. The molecule has 0 radical (unpaired) electrons. The molecule has 3 aromatic carbocycles. The van der Waals surface area contributed by atoms with E-state index in [0.717, 1.165) is 29.6 Å². The molecule has 2 aliphatic heterocycles. The number of hydrogen-bond donors (Lipinski definition) is 2. The van der Waals surface area contributed by atoms with Crippen molar-refractivity contribution < 1.29 is 23.9 Å². The highest BCUT2D eigenvalue weighted by Gasteiger charge is 2.39. The maximum absolute atomic E-state index is 13.3. The van der Waals surface area contributed by atoms with Gasteiger partial charge in [-0.3, -0.25) is 14.4 Å². The Labute approximate surface area is 249 Å². The zero-order chi connectivity index (χ0) is 29.8. The predicted octanol–water partition coefficient (Wildman–Crippen LogP) is 5.79. The van der Waals surface area contributed by atoms with E-state index in [1.807, 2.05) is 24.3 Å². The number of amides is 3. The Kier molecular flexibility index (Phi) is 8.59. The first-order chi connectivity index (χ1) is 20.2. The Balaban J connectivity index is 1.26. The summed E-state index contributed by atoms with van der Waals surface area (Å²) in [7, 11) is 0. The maximum Gasteiger partial charge on any atom is 0.338 e. The van der Waals surface area contributed by atoms with E-state index < -0.39 is 17.8 Å². The molecule has 10 heteroatoms. The van der Waals surface area contributed by atoms with E-state index in [-0.39, 0.29) is 34.5 Å². The van der Waals surface area contributed by atoms with Gasteiger partial charge in [-0.25, -0.2) is 9.69 Å². The minimum Gasteiger partial charge on any atom is -0.462 e. The van der Waals surface area contributed by atoms with Gasteiger partial charge in [0, 0.05) is 35.7 Å². The molecule has 0 unspecified atom stereocenters. The van der Waals surface area contributed by atoms with Crippen LogP contribution in [0.25, 0.3) is 0 Å². The fourth-order valence-corrected chi connectivity index (χ4v) is 5.15. The van der Waals surface area contributed by atoms with Crippen LogP contribution < -0.4 is 20.4 Å². The van der Waals surface area contributed by atoms with Crippen molar-refractivity contribution in [1.29, 1.82) is 0 Å². The number of nitrogens with zero attached hydrogens (tertiary/aromatic N) is 2. The van der Waals surface area contributed by atoms with Crippen LogP contribution in [0.3, 0.4) is 0 Å².